The fraction of sp³-hybridized carbons (Fsp3) is 0.231. The van der Waals surface area contributed by atoms with Gasteiger partial charge < -0.3 is 4.90 Å². The van der Waals surface area contributed by atoms with Gasteiger partial charge >= 0.3 is 0 Å². The fourth-order valence-electron chi connectivity index (χ4n) is 1.66. The molecule has 0 atom stereocenters. The molecule has 0 radical (unpaired) electrons. The highest BCUT2D eigenvalue weighted by molar-refractivity contribution is 7.11. The van der Waals surface area contributed by atoms with Gasteiger partial charge in [-0.05, 0) is 24.6 Å². The first-order chi connectivity index (χ1) is 8.99. The van der Waals surface area contributed by atoms with Crippen molar-refractivity contribution in [2.75, 3.05) is 7.05 Å². The number of rotatable bonds is 3. The van der Waals surface area contributed by atoms with Gasteiger partial charge in [-0.1, -0.05) is 29.3 Å². The number of hydrogen-bond acceptors (Lipinski definition) is 3. The van der Waals surface area contributed by atoms with Crippen LogP contribution in [0, 0.1) is 6.92 Å². The van der Waals surface area contributed by atoms with E-state index in [1.807, 2.05) is 13.0 Å². The monoisotopic (exact) mass is 314 g/mol. The van der Waals surface area contributed by atoms with Gasteiger partial charge in [0.15, 0.2) is 0 Å². The Balaban J connectivity index is 2.13. The molecule has 0 spiro atoms. The van der Waals surface area contributed by atoms with E-state index in [2.05, 4.69) is 4.98 Å². The van der Waals surface area contributed by atoms with Crippen molar-refractivity contribution in [2.45, 2.75) is 13.5 Å². The van der Waals surface area contributed by atoms with Crippen LogP contribution in [0.4, 0.5) is 0 Å². The van der Waals surface area contributed by atoms with Crippen LogP contribution in [0.1, 0.15) is 20.9 Å². The lowest BCUT2D eigenvalue weighted by molar-refractivity contribution is 0.0789. The molecule has 0 saturated heterocycles. The minimum atomic E-state index is -0.0360. The quantitative estimate of drug-likeness (QED) is 0.857. The van der Waals surface area contributed by atoms with Crippen LogP contribution in [0.3, 0.4) is 0 Å². The Bertz CT molecular complexity index is 612. The summed E-state index contributed by atoms with van der Waals surface area (Å²) in [6, 6.07) is 5.36. The van der Waals surface area contributed by atoms with Crippen LogP contribution in [0.25, 0.3) is 0 Å². The second-order valence-corrected chi connectivity index (χ2v) is 5.85. The molecule has 0 bridgehead atoms. The highest BCUT2D eigenvalue weighted by Crippen LogP contribution is 2.23. The van der Waals surface area contributed by atoms with Crippen molar-refractivity contribution in [3.63, 3.8) is 0 Å². The van der Waals surface area contributed by atoms with Crippen molar-refractivity contribution in [3.05, 3.63) is 49.9 Å². The zero-order valence-corrected chi connectivity index (χ0v) is 12.8. The maximum atomic E-state index is 12.2. The van der Waals surface area contributed by atoms with Crippen molar-refractivity contribution >= 4 is 40.4 Å². The Labute approximate surface area is 125 Å². The SMILES string of the molecule is Cc1ncsc1C(=O)N(C)Cc1ccc(Cl)c(Cl)c1. The molecule has 0 fully saturated rings. The Hall–Kier alpha value is -1.10. The standard InChI is InChI=1S/C13H12Cl2N2OS/c1-8-12(19-7-16-8)13(18)17(2)6-9-3-4-10(14)11(15)5-9/h3-5,7H,6H2,1-2H3. The minimum absolute atomic E-state index is 0.0360. The van der Waals surface area contributed by atoms with Gasteiger partial charge in [0.25, 0.3) is 5.91 Å². The van der Waals surface area contributed by atoms with Gasteiger partial charge in [0.05, 0.1) is 21.2 Å². The van der Waals surface area contributed by atoms with E-state index in [0.29, 0.717) is 21.5 Å². The third-order valence-corrected chi connectivity index (χ3v) is 4.35. The smallest absolute Gasteiger partial charge is 0.265 e. The van der Waals surface area contributed by atoms with Crippen molar-refractivity contribution in [3.8, 4) is 0 Å². The second kappa shape index (κ2) is 5.90. The molecule has 0 N–H and O–H groups in total. The molecule has 0 aliphatic carbocycles. The van der Waals surface area contributed by atoms with Crippen LogP contribution in [0.15, 0.2) is 23.7 Å². The largest absolute Gasteiger partial charge is 0.337 e. The lowest BCUT2D eigenvalue weighted by atomic mass is 10.2. The maximum absolute atomic E-state index is 12.2. The summed E-state index contributed by atoms with van der Waals surface area (Å²) in [5.74, 6) is -0.0360. The molecule has 1 amide bonds. The molecule has 6 heteroatoms. The molecule has 1 heterocycles. The normalized spacial score (nSPS) is 10.5. The summed E-state index contributed by atoms with van der Waals surface area (Å²) in [4.78, 5) is 18.6. The lowest BCUT2D eigenvalue weighted by Crippen LogP contribution is -2.26. The van der Waals surface area contributed by atoms with Crippen LogP contribution in [-0.4, -0.2) is 22.8 Å². The molecule has 100 valence electrons. The number of carbonyl (C=O) groups excluding carboxylic acids is 1. The Morgan fingerprint density at radius 1 is 1.37 bits per heavy atom. The number of hydrogen-bond donors (Lipinski definition) is 0. The summed E-state index contributed by atoms with van der Waals surface area (Å²) in [6.07, 6.45) is 0. The van der Waals surface area contributed by atoms with Gasteiger partial charge in [-0.3, -0.25) is 4.79 Å². The zero-order valence-electron chi connectivity index (χ0n) is 10.5. The van der Waals surface area contributed by atoms with E-state index in [4.69, 9.17) is 23.2 Å². The minimum Gasteiger partial charge on any atom is -0.337 e. The van der Waals surface area contributed by atoms with Gasteiger partial charge in [0.1, 0.15) is 4.88 Å². The summed E-state index contributed by atoms with van der Waals surface area (Å²) in [7, 11) is 1.75. The molecule has 2 aromatic rings. The first-order valence-electron chi connectivity index (χ1n) is 5.58. The van der Waals surface area contributed by atoms with Crippen LogP contribution in [0.5, 0.6) is 0 Å². The summed E-state index contributed by atoms with van der Waals surface area (Å²) < 4.78 is 0. The number of nitrogens with zero attached hydrogens (tertiary/aromatic N) is 2. The molecule has 1 aromatic heterocycles. The number of aryl methyl sites for hydroxylation is 1. The van der Waals surface area contributed by atoms with Crippen molar-refractivity contribution < 1.29 is 4.79 Å². The molecular formula is C13H12Cl2N2OS. The van der Waals surface area contributed by atoms with E-state index < -0.39 is 0 Å². The van der Waals surface area contributed by atoms with Gasteiger partial charge in [-0.2, -0.15) is 0 Å². The first kappa shape index (κ1) is 14.3. The molecule has 0 saturated carbocycles. The predicted octanol–water partition coefficient (Wildman–Crippen LogP) is 4.03. The molecule has 2 rings (SSSR count). The fourth-order valence-corrected chi connectivity index (χ4v) is 2.78. The molecule has 0 unspecified atom stereocenters. The van der Waals surface area contributed by atoms with Gasteiger partial charge in [-0.15, -0.1) is 11.3 Å². The third-order valence-electron chi connectivity index (χ3n) is 2.69. The molecular weight excluding hydrogens is 303 g/mol. The van der Waals surface area contributed by atoms with E-state index >= 15 is 0 Å². The van der Waals surface area contributed by atoms with Crippen molar-refractivity contribution in [1.29, 1.82) is 0 Å². The predicted molar refractivity (Wildman–Crippen MR) is 79.1 cm³/mol. The molecule has 3 nitrogen and oxygen atoms in total. The zero-order chi connectivity index (χ0) is 14.0. The molecule has 1 aromatic carbocycles. The second-order valence-electron chi connectivity index (χ2n) is 4.18. The summed E-state index contributed by atoms with van der Waals surface area (Å²) in [5.41, 5.74) is 3.37. The van der Waals surface area contributed by atoms with E-state index in [9.17, 15) is 4.79 Å². The van der Waals surface area contributed by atoms with E-state index in [0.717, 1.165) is 11.3 Å². The van der Waals surface area contributed by atoms with Gasteiger partial charge in [0.2, 0.25) is 0 Å². The van der Waals surface area contributed by atoms with Crippen LogP contribution < -0.4 is 0 Å². The Kier molecular flexibility index (Phi) is 4.45. The maximum Gasteiger partial charge on any atom is 0.265 e. The number of thiazole rings is 1. The number of amides is 1. The number of carbonyl (C=O) groups is 1. The number of aromatic nitrogens is 1. The number of halogens is 2. The van der Waals surface area contributed by atoms with Crippen molar-refractivity contribution in [1.82, 2.24) is 9.88 Å². The summed E-state index contributed by atoms with van der Waals surface area (Å²) >= 11 is 13.2. The van der Waals surface area contributed by atoms with Crippen LogP contribution >= 0.6 is 34.5 Å². The van der Waals surface area contributed by atoms with Gasteiger partial charge in [-0.25, -0.2) is 4.98 Å². The van der Waals surface area contributed by atoms with Crippen LogP contribution in [-0.2, 0) is 6.54 Å². The molecule has 0 aliphatic heterocycles. The molecule has 19 heavy (non-hydrogen) atoms. The summed E-state index contributed by atoms with van der Waals surface area (Å²) in [5, 5.41) is 1.01. The average molecular weight is 315 g/mol. The van der Waals surface area contributed by atoms with E-state index in [1.54, 1.807) is 29.6 Å². The average Bonchev–Trinajstić information content (AvgIpc) is 2.79. The Morgan fingerprint density at radius 3 is 2.68 bits per heavy atom. The van der Waals surface area contributed by atoms with E-state index in [-0.39, 0.29) is 5.91 Å². The topological polar surface area (TPSA) is 33.2 Å². The van der Waals surface area contributed by atoms with E-state index in [1.165, 1.54) is 11.3 Å². The highest BCUT2D eigenvalue weighted by Gasteiger charge is 2.16. The highest BCUT2D eigenvalue weighted by atomic mass is 35.5. The lowest BCUT2D eigenvalue weighted by Gasteiger charge is -2.17. The summed E-state index contributed by atoms with van der Waals surface area (Å²) in [6.45, 7) is 2.31. The number of benzene rings is 1. The van der Waals surface area contributed by atoms with Gasteiger partial charge in [0, 0.05) is 13.6 Å². The Morgan fingerprint density at radius 2 is 2.11 bits per heavy atom. The molecule has 0 aliphatic rings. The van der Waals surface area contributed by atoms with Crippen molar-refractivity contribution in [2.24, 2.45) is 0 Å². The third kappa shape index (κ3) is 3.26. The first-order valence-corrected chi connectivity index (χ1v) is 7.22. The van der Waals surface area contributed by atoms with Crippen LogP contribution in [0.2, 0.25) is 10.0 Å².